The minimum atomic E-state index is 0. The standard InChI is InChI=1S/C11H15N5O2.ClH/c1-16-8-6-12-5-7(8)10(14-16)11-13-9(15-18-11)3-4-17-2;/h12H,3-6H2,1-2H3;1H. The molecule has 0 radical (unpaired) electrons. The lowest BCUT2D eigenvalue weighted by molar-refractivity contribution is 0.199. The highest BCUT2D eigenvalue weighted by Crippen LogP contribution is 2.26. The van der Waals surface area contributed by atoms with E-state index in [1.165, 1.54) is 5.69 Å². The number of hydrogen-bond acceptors (Lipinski definition) is 6. The SMILES string of the molecule is COCCc1noc(-c2nn(C)c3c2CNC3)n1.Cl. The summed E-state index contributed by atoms with van der Waals surface area (Å²) in [7, 11) is 3.58. The molecule has 0 aromatic carbocycles. The number of hydrogen-bond donors (Lipinski definition) is 1. The third-order valence-corrected chi connectivity index (χ3v) is 3.07. The second kappa shape index (κ2) is 5.68. The fourth-order valence-electron chi connectivity index (χ4n) is 2.13. The normalized spacial score (nSPS) is 13.4. The monoisotopic (exact) mass is 285 g/mol. The Kier molecular flexibility index (Phi) is 4.18. The molecule has 3 rings (SSSR count). The first-order valence-corrected chi connectivity index (χ1v) is 5.87. The molecule has 0 fully saturated rings. The molecular formula is C11H16ClN5O2. The molecule has 0 unspecified atom stereocenters. The number of halogens is 1. The zero-order valence-corrected chi connectivity index (χ0v) is 11.7. The van der Waals surface area contributed by atoms with Gasteiger partial charge < -0.3 is 14.6 Å². The van der Waals surface area contributed by atoms with Crippen LogP contribution in [-0.2, 0) is 31.3 Å². The molecule has 0 bridgehead atoms. The van der Waals surface area contributed by atoms with Crippen LogP contribution in [0.5, 0.6) is 0 Å². The summed E-state index contributed by atoms with van der Waals surface area (Å²) in [5.41, 5.74) is 3.12. The van der Waals surface area contributed by atoms with Crippen molar-refractivity contribution in [3.63, 3.8) is 0 Å². The van der Waals surface area contributed by atoms with Crippen molar-refractivity contribution in [3.8, 4) is 11.6 Å². The zero-order chi connectivity index (χ0) is 12.5. The molecule has 2 aromatic heterocycles. The Bertz CT molecular complexity index is 565. The number of fused-ring (bicyclic) bond motifs is 1. The largest absolute Gasteiger partial charge is 0.384 e. The van der Waals surface area contributed by atoms with Gasteiger partial charge in [0.25, 0.3) is 5.89 Å². The maximum atomic E-state index is 5.27. The maximum Gasteiger partial charge on any atom is 0.278 e. The van der Waals surface area contributed by atoms with Gasteiger partial charge in [0, 0.05) is 39.2 Å². The summed E-state index contributed by atoms with van der Waals surface area (Å²) in [5, 5.41) is 11.7. The minimum absolute atomic E-state index is 0. The molecule has 3 heterocycles. The molecule has 0 spiro atoms. The van der Waals surface area contributed by atoms with Crippen LogP contribution in [0.2, 0.25) is 0 Å². The van der Waals surface area contributed by atoms with Gasteiger partial charge in [-0.15, -0.1) is 12.4 Å². The second-order valence-corrected chi connectivity index (χ2v) is 4.26. The highest BCUT2D eigenvalue weighted by molar-refractivity contribution is 5.85. The Morgan fingerprint density at radius 2 is 2.26 bits per heavy atom. The average molecular weight is 286 g/mol. The highest BCUT2D eigenvalue weighted by atomic mass is 35.5. The summed E-state index contributed by atoms with van der Waals surface area (Å²) in [6.45, 7) is 2.22. The van der Waals surface area contributed by atoms with Crippen LogP contribution in [0.25, 0.3) is 11.6 Å². The molecule has 104 valence electrons. The van der Waals surface area contributed by atoms with Gasteiger partial charge in [-0.25, -0.2) is 0 Å². The van der Waals surface area contributed by atoms with Crippen LogP contribution in [0, 0.1) is 0 Å². The number of nitrogens with one attached hydrogen (secondary N) is 1. The quantitative estimate of drug-likeness (QED) is 0.890. The lowest BCUT2D eigenvalue weighted by Gasteiger charge is -1.94. The van der Waals surface area contributed by atoms with Gasteiger partial charge in [0.15, 0.2) is 11.5 Å². The molecule has 7 nitrogen and oxygen atoms in total. The summed E-state index contributed by atoms with van der Waals surface area (Å²) >= 11 is 0. The van der Waals surface area contributed by atoms with Gasteiger partial charge in [0.05, 0.1) is 12.3 Å². The smallest absolute Gasteiger partial charge is 0.278 e. The third-order valence-electron chi connectivity index (χ3n) is 3.07. The Morgan fingerprint density at radius 1 is 1.42 bits per heavy atom. The molecule has 0 saturated carbocycles. The average Bonchev–Trinajstić information content (AvgIpc) is 3.05. The van der Waals surface area contributed by atoms with Crippen LogP contribution in [0.4, 0.5) is 0 Å². The molecule has 0 aliphatic carbocycles. The van der Waals surface area contributed by atoms with Crippen molar-refractivity contribution < 1.29 is 9.26 Å². The van der Waals surface area contributed by atoms with Crippen LogP contribution in [0.15, 0.2) is 4.52 Å². The van der Waals surface area contributed by atoms with Crippen molar-refractivity contribution in [1.29, 1.82) is 0 Å². The molecule has 0 amide bonds. The lowest BCUT2D eigenvalue weighted by atomic mass is 10.2. The molecule has 19 heavy (non-hydrogen) atoms. The Labute approximate surface area is 116 Å². The Morgan fingerprint density at radius 3 is 3.05 bits per heavy atom. The van der Waals surface area contributed by atoms with E-state index in [9.17, 15) is 0 Å². The van der Waals surface area contributed by atoms with Crippen molar-refractivity contribution >= 4 is 12.4 Å². The maximum absolute atomic E-state index is 5.27. The van der Waals surface area contributed by atoms with E-state index in [-0.39, 0.29) is 12.4 Å². The number of ether oxygens (including phenoxy) is 1. The Hall–Kier alpha value is -1.44. The number of methoxy groups -OCH3 is 1. The zero-order valence-electron chi connectivity index (χ0n) is 10.8. The molecule has 1 N–H and O–H groups in total. The summed E-state index contributed by atoms with van der Waals surface area (Å²) in [6.07, 6.45) is 0.646. The van der Waals surface area contributed by atoms with E-state index in [1.54, 1.807) is 7.11 Å². The number of aryl methyl sites for hydroxylation is 1. The predicted molar refractivity (Wildman–Crippen MR) is 69.9 cm³/mol. The first-order valence-electron chi connectivity index (χ1n) is 5.87. The van der Waals surface area contributed by atoms with Gasteiger partial charge in [-0.1, -0.05) is 5.16 Å². The fraction of sp³-hybridized carbons (Fsp3) is 0.545. The van der Waals surface area contributed by atoms with Crippen LogP contribution in [-0.4, -0.2) is 33.6 Å². The molecular weight excluding hydrogens is 270 g/mol. The van der Waals surface area contributed by atoms with Gasteiger partial charge in [0.2, 0.25) is 0 Å². The summed E-state index contributed by atoms with van der Waals surface area (Å²) in [6, 6.07) is 0. The van der Waals surface area contributed by atoms with Crippen molar-refractivity contribution in [2.24, 2.45) is 7.05 Å². The van der Waals surface area contributed by atoms with E-state index >= 15 is 0 Å². The van der Waals surface area contributed by atoms with Crippen molar-refractivity contribution in [2.45, 2.75) is 19.5 Å². The van der Waals surface area contributed by atoms with Crippen LogP contribution >= 0.6 is 12.4 Å². The minimum Gasteiger partial charge on any atom is -0.384 e. The molecule has 8 heteroatoms. The Balaban J connectivity index is 0.00000133. The van der Waals surface area contributed by atoms with Gasteiger partial charge in [-0.05, 0) is 0 Å². The van der Waals surface area contributed by atoms with Crippen LogP contribution in [0.1, 0.15) is 17.1 Å². The predicted octanol–water partition coefficient (Wildman–Crippen LogP) is 0.684. The first kappa shape index (κ1) is 14.0. The third kappa shape index (κ3) is 2.49. The summed E-state index contributed by atoms with van der Waals surface area (Å²) in [5.74, 6) is 1.14. The second-order valence-electron chi connectivity index (χ2n) is 4.26. The highest BCUT2D eigenvalue weighted by Gasteiger charge is 2.24. The topological polar surface area (TPSA) is 78.0 Å². The van der Waals surface area contributed by atoms with E-state index in [1.807, 2.05) is 11.7 Å². The van der Waals surface area contributed by atoms with E-state index in [0.717, 1.165) is 24.3 Å². The number of aromatic nitrogens is 4. The van der Waals surface area contributed by atoms with E-state index < -0.39 is 0 Å². The molecule has 1 aliphatic heterocycles. The molecule has 0 atom stereocenters. The fourth-order valence-corrected chi connectivity index (χ4v) is 2.13. The van der Waals surface area contributed by atoms with Gasteiger partial charge >= 0.3 is 0 Å². The van der Waals surface area contributed by atoms with Crippen molar-refractivity contribution in [2.75, 3.05) is 13.7 Å². The number of rotatable bonds is 4. The molecule has 2 aromatic rings. The van der Waals surface area contributed by atoms with E-state index in [0.29, 0.717) is 24.7 Å². The summed E-state index contributed by atoms with van der Waals surface area (Å²) < 4.78 is 12.1. The molecule has 1 aliphatic rings. The van der Waals surface area contributed by atoms with Crippen LogP contribution in [0.3, 0.4) is 0 Å². The first-order chi connectivity index (χ1) is 8.79. The number of nitrogens with zero attached hydrogens (tertiary/aromatic N) is 4. The van der Waals surface area contributed by atoms with Gasteiger partial charge in [-0.3, -0.25) is 4.68 Å². The van der Waals surface area contributed by atoms with E-state index in [4.69, 9.17) is 9.26 Å². The molecule has 0 saturated heterocycles. The van der Waals surface area contributed by atoms with Crippen molar-refractivity contribution in [3.05, 3.63) is 17.1 Å². The summed E-state index contributed by atoms with van der Waals surface area (Å²) in [4.78, 5) is 4.35. The van der Waals surface area contributed by atoms with Crippen molar-refractivity contribution in [1.82, 2.24) is 25.2 Å². The van der Waals surface area contributed by atoms with Gasteiger partial charge in [-0.2, -0.15) is 10.1 Å². The van der Waals surface area contributed by atoms with Crippen LogP contribution < -0.4 is 5.32 Å². The van der Waals surface area contributed by atoms with Gasteiger partial charge in [0.1, 0.15) is 0 Å². The lowest BCUT2D eigenvalue weighted by Crippen LogP contribution is -2.06. The van der Waals surface area contributed by atoms with E-state index in [2.05, 4.69) is 20.6 Å².